The topological polar surface area (TPSA) is 55.8 Å². The van der Waals surface area contributed by atoms with E-state index in [0.717, 1.165) is 60.7 Å². The number of methoxy groups -OCH3 is 1. The van der Waals surface area contributed by atoms with E-state index in [9.17, 15) is 4.79 Å². The third-order valence-electron chi connectivity index (χ3n) is 8.57. The van der Waals surface area contributed by atoms with Gasteiger partial charge in [0.25, 0.3) is 0 Å². The summed E-state index contributed by atoms with van der Waals surface area (Å²) in [7, 11) is 1.76. The molecule has 2 aromatic rings. The number of hydrogen-bond donors (Lipinski definition) is 1. The lowest BCUT2D eigenvalue weighted by atomic mass is 9.48. The Morgan fingerprint density at radius 3 is 2.06 bits per heavy atom. The smallest absolute Gasteiger partial charge is 0.335 e. The standard InChI is InChI=1S/C32H38O4/c1-35-14-4-2-3-5-15-36-30-13-10-24(7-6-23-8-11-28(12-9-23)31(33)34)19-29(30)32-20-25-16-26(21-32)18-27(17-25)22-32/h8-13,19,25-27H,2-5,14-18,20-22H2,1H3,(H,33,34). The van der Waals surface area contributed by atoms with Crippen molar-refractivity contribution < 1.29 is 19.4 Å². The van der Waals surface area contributed by atoms with E-state index in [-0.39, 0.29) is 11.0 Å². The summed E-state index contributed by atoms with van der Waals surface area (Å²) in [5.41, 5.74) is 3.74. The van der Waals surface area contributed by atoms with Gasteiger partial charge in [0, 0.05) is 30.4 Å². The second-order valence-corrected chi connectivity index (χ2v) is 11.3. The molecule has 1 N–H and O–H groups in total. The highest BCUT2D eigenvalue weighted by Gasteiger charge is 2.52. The van der Waals surface area contributed by atoms with Crippen molar-refractivity contribution in [2.24, 2.45) is 17.8 Å². The summed E-state index contributed by atoms with van der Waals surface area (Å²) in [4.78, 5) is 11.1. The van der Waals surface area contributed by atoms with Gasteiger partial charge in [0.05, 0.1) is 12.2 Å². The molecule has 36 heavy (non-hydrogen) atoms. The largest absolute Gasteiger partial charge is 0.493 e. The number of carbonyl (C=O) groups is 1. The molecular weight excluding hydrogens is 448 g/mol. The van der Waals surface area contributed by atoms with Gasteiger partial charge in [0.1, 0.15) is 5.75 Å². The van der Waals surface area contributed by atoms with Crippen LogP contribution in [0.3, 0.4) is 0 Å². The van der Waals surface area contributed by atoms with Crippen molar-refractivity contribution in [1.82, 2.24) is 0 Å². The molecular formula is C32H38O4. The maximum Gasteiger partial charge on any atom is 0.335 e. The van der Waals surface area contributed by atoms with Crippen molar-refractivity contribution in [1.29, 1.82) is 0 Å². The van der Waals surface area contributed by atoms with Crippen LogP contribution in [0.25, 0.3) is 0 Å². The molecule has 4 aliphatic rings. The molecule has 0 aromatic heterocycles. The summed E-state index contributed by atoms with van der Waals surface area (Å²) >= 11 is 0. The van der Waals surface area contributed by atoms with Gasteiger partial charge in [-0.2, -0.15) is 0 Å². The highest BCUT2D eigenvalue weighted by Crippen LogP contribution is 2.62. The first-order valence-corrected chi connectivity index (χ1v) is 13.7. The fourth-order valence-corrected chi connectivity index (χ4v) is 7.31. The minimum Gasteiger partial charge on any atom is -0.493 e. The van der Waals surface area contributed by atoms with Gasteiger partial charge in [0.15, 0.2) is 0 Å². The molecule has 190 valence electrons. The number of carboxylic acids is 1. The predicted molar refractivity (Wildman–Crippen MR) is 142 cm³/mol. The molecule has 4 heteroatoms. The summed E-state index contributed by atoms with van der Waals surface area (Å²) in [6, 6.07) is 13.3. The van der Waals surface area contributed by atoms with Gasteiger partial charge in [-0.15, -0.1) is 0 Å². The van der Waals surface area contributed by atoms with E-state index in [1.165, 1.54) is 56.9 Å². The van der Waals surface area contributed by atoms with Crippen molar-refractivity contribution >= 4 is 5.97 Å². The molecule has 0 heterocycles. The van der Waals surface area contributed by atoms with E-state index in [4.69, 9.17) is 14.6 Å². The normalized spacial score (nSPS) is 25.9. The quantitative estimate of drug-likeness (QED) is 0.295. The van der Waals surface area contributed by atoms with Crippen LogP contribution in [-0.2, 0) is 10.2 Å². The molecule has 4 saturated carbocycles. The van der Waals surface area contributed by atoms with E-state index in [2.05, 4.69) is 30.0 Å². The highest BCUT2D eigenvalue weighted by molar-refractivity contribution is 5.87. The van der Waals surface area contributed by atoms with Gasteiger partial charge < -0.3 is 14.6 Å². The fourth-order valence-electron chi connectivity index (χ4n) is 7.31. The van der Waals surface area contributed by atoms with Gasteiger partial charge in [-0.3, -0.25) is 0 Å². The zero-order chi connectivity index (χ0) is 25.0. The number of hydrogen-bond acceptors (Lipinski definition) is 3. The number of ether oxygens (including phenoxy) is 2. The first kappa shape index (κ1) is 24.9. The maximum absolute atomic E-state index is 11.1. The molecule has 0 amide bonds. The lowest BCUT2D eigenvalue weighted by Gasteiger charge is -2.57. The van der Waals surface area contributed by atoms with Crippen LogP contribution >= 0.6 is 0 Å². The van der Waals surface area contributed by atoms with E-state index in [0.29, 0.717) is 0 Å². The summed E-state index contributed by atoms with van der Waals surface area (Å²) in [5, 5.41) is 9.13. The lowest BCUT2D eigenvalue weighted by molar-refractivity contribution is -0.00641. The Balaban J connectivity index is 1.36. The number of benzene rings is 2. The van der Waals surface area contributed by atoms with Crippen LogP contribution in [0.1, 0.15) is 91.3 Å². The molecule has 6 rings (SSSR count). The number of rotatable bonds is 10. The molecule has 4 fully saturated rings. The fraction of sp³-hybridized carbons (Fsp3) is 0.531. The minimum absolute atomic E-state index is 0.239. The molecule has 0 atom stereocenters. The molecule has 0 saturated heterocycles. The zero-order valence-electron chi connectivity index (χ0n) is 21.4. The first-order chi connectivity index (χ1) is 17.5. The average Bonchev–Trinajstić information content (AvgIpc) is 2.87. The Bertz CT molecular complexity index is 1090. The van der Waals surface area contributed by atoms with Crippen LogP contribution < -0.4 is 4.74 Å². The Hall–Kier alpha value is -2.77. The summed E-state index contributed by atoms with van der Waals surface area (Å²) in [5.74, 6) is 9.32. The van der Waals surface area contributed by atoms with E-state index < -0.39 is 5.97 Å². The predicted octanol–water partition coefficient (Wildman–Crippen LogP) is 6.84. The van der Waals surface area contributed by atoms with Crippen LogP contribution in [0.5, 0.6) is 5.75 Å². The maximum atomic E-state index is 11.1. The third kappa shape index (κ3) is 5.62. The molecule has 0 aliphatic heterocycles. The highest BCUT2D eigenvalue weighted by atomic mass is 16.5. The van der Waals surface area contributed by atoms with E-state index in [1.54, 1.807) is 31.4 Å². The zero-order valence-corrected chi connectivity index (χ0v) is 21.4. The van der Waals surface area contributed by atoms with E-state index >= 15 is 0 Å². The van der Waals surface area contributed by atoms with Gasteiger partial charge in [0.2, 0.25) is 0 Å². The van der Waals surface area contributed by atoms with Crippen LogP contribution in [0.4, 0.5) is 0 Å². The monoisotopic (exact) mass is 486 g/mol. The summed E-state index contributed by atoms with van der Waals surface area (Å²) in [6.45, 7) is 1.59. The number of unbranched alkanes of at least 4 members (excludes halogenated alkanes) is 3. The van der Waals surface area contributed by atoms with E-state index in [1.807, 2.05) is 0 Å². The molecule has 0 spiro atoms. The third-order valence-corrected chi connectivity index (χ3v) is 8.57. The molecule has 2 aromatic carbocycles. The molecule has 0 radical (unpaired) electrons. The van der Waals surface area contributed by atoms with Crippen LogP contribution in [0, 0.1) is 29.6 Å². The average molecular weight is 487 g/mol. The first-order valence-electron chi connectivity index (χ1n) is 13.7. The SMILES string of the molecule is COCCCCCCOc1ccc(C#Cc2ccc(C(=O)O)cc2)cc1C12CC3CC(CC(C3)C1)C2. The Morgan fingerprint density at radius 2 is 1.44 bits per heavy atom. The van der Waals surface area contributed by atoms with Gasteiger partial charge in [-0.1, -0.05) is 18.3 Å². The van der Waals surface area contributed by atoms with Crippen molar-refractivity contribution in [3.8, 4) is 17.6 Å². The Labute approximate surface area is 215 Å². The Morgan fingerprint density at radius 1 is 0.861 bits per heavy atom. The molecule has 0 unspecified atom stereocenters. The number of carboxylic acid groups (broad SMARTS) is 1. The molecule has 4 aliphatic carbocycles. The van der Waals surface area contributed by atoms with Crippen LogP contribution in [-0.4, -0.2) is 31.4 Å². The van der Waals surface area contributed by atoms with Gasteiger partial charge in [-0.25, -0.2) is 4.79 Å². The van der Waals surface area contributed by atoms with Crippen LogP contribution in [0.15, 0.2) is 42.5 Å². The molecule has 4 bridgehead atoms. The Kier molecular flexibility index (Phi) is 7.67. The second-order valence-electron chi connectivity index (χ2n) is 11.3. The minimum atomic E-state index is -0.916. The molecule has 4 nitrogen and oxygen atoms in total. The van der Waals surface area contributed by atoms with Gasteiger partial charge in [-0.05, 0) is 123 Å². The van der Waals surface area contributed by atoms with Gasteiger partial charge >= 0.3 is 5.97 Å². The van der Waals surface area contributed by atoms with Crippen molar-refractivity contribution in [3.63, 3.8) is 0 Å². The summed E-state index contributed by atoms with van der Waals surface area (Å²) < 4.78 is 11.6. The van der Waals surface area contributed by atoms with Crippen molar-refractivity contribution in [2.45, 2.75) is 69.6 Å². The summed E-state index contributed by atoms with van der Waals surface area (Å²) in [6.07, 6.45) is 12.7. The van der Waals surface area contributed by atoms with Crippen molar-refractivity contribution in [2.75, 3.05) is 20.3 Å². The van der Waals surface area contributed by atoms with Crippen molar-refractivity contribution in [3.05, 3.63) is 64.7 Å². The lowest BCUT2D eigenvalue weighted by Crippen LogP contribution is -2.48. The second kappa shape index (κ2) is 11.1. The van der Waals surface area contributed by atoms with Crippen LogP contribution in [0.2, 0.25) is 0 Å². The number of aromatic carboxylic acids is 1.